The van der Waals surface area contributed by atoms with Crippen LogP contribution in [-0.4, -0.2) is 27.1 Å². The Kier molecular flexibility index (Phi) is 8.90. The second kappa shape index (κ2) is 11.9. The lowest BCUT2D eigenvalue weighted by Gasteiger charge is -2.14. The number of ether oxygens (including phenoxy) is 2. The molecule has 5 nitrogen and oxygen atoms in total. The van der Waals surface area contributed by atoms with Crippen LogP contribution < -0.4 is 9.47 Å². The van der Waals surface area contributed by atoms with Crippen molar-refractivity contribution < 1.29 is 19.4 Å². The highest BCUT2D eigenvalue weighted by molar-refractivity contribution is 14.1. The van der Waals surface area contributed by atoms with Gasteiger partial charge < -0.3 is 14.6 Å². The lowest BCUT2D eigenvalue weighted by molar-refractivity contribution is -0.136. The van der Waals surface area contributed by atoms with E-state index in [1.807, 2.05) is 42.5 Å². The van der Waals surface area contributed by atoms with Gasteiger partial charge in [0.2, 0.25) is 5.88 Å². The van der Waals surface area contributed by atoms with Crippen molar-refractivity contribution in [1.82, 2.24) is 4.98 Å². The van der Waals surface area contributed by atoms with Gasteiger partial charge in [0.05, 0.1) is 12.3 Å². The largest absolute Gasteiger partial charge is 0.494 e. The van der Waals surface area contributed by atoms with Crippen LogP contribution in [0.3, 0.4) is 0 Å². The van der Waals surface area contributed by atoms with Gasteiger partial charge in [-0.25, -0.2) is 4.98 Å². The third kappa shape index (κ3) is 6.95. The maximum atomic E-state index is 10.7. The zero-order valence-corrected chi connectivity index (χ0v) is 20.6. The topological polar surface area (TPSA) is 68.7 Å². The molecule has 2 aromatic carbocycles. The Morgan fingerprint density at radius 2 is 1.69 bits per heavy atom. The van der Waals surface area contributed by atoms with Crippen LogP contribution in [0.25, 0.3) is 11.3 Å². The van der Waals surface area contributed by atoms with Crippen molar-refractivity contribution in [2.24, 2.45) is 0 Å². The fourth-order valence-electron chi connectivity index (χ4n) is 3.50. The number of benzene rings is 2. The van der Waals surface area contributed by atoms with Gasteiger partial charge in [0, 0.05) is 22.5 Å². The first-order valence-electron chi connectivity index (χ1n) is 10.7. The predicted molar refractivity (Wildman–Crippen MR) is 135 cm³/mol. The van der Waals surface area contributed by atoms with Gasteiger partial charge in [0.15, 0.2) is 0 Å². The summed E-state index contributed by atoms with van der Waals surface area (Å²) in [6.45, 7) is 5.28. The molecular weight excluding hydrogens is 517 g/mol. The molecule has 0 saturated carbocycles. The molecule has 0 unspecified atom stereocenters. The minimum Gasteiger partial charge on any atom is -0.494 e. The van der Waals surface area contributed by atoms with Crippen LogP contribution in [0.1, 0.15) is 35.1 Å². The Balaban J connectivity index is 1.67. The molecule has 0 aliphatic heterocycles. The van der Waals surface area contributed by atoms with Gasteiger partial charge in [-0.3, -0.25) is 4.79 Å². The van der Waals surface area contributed by atoms with E-state index >= 15 is 0 Å². The molecule has 0 aliphatic rings. The summed E-state index contributed by atoms with van der Waals surface area (Å²) in [5.41, 5.74) is 6.23. The number of carbonyl (C=O) groups is 1. The molecule has 0 spiro atoms. The van der Waals surface area contributed by atoms with Crippen LogP contribution in [0.2, 0.25) is 0 Å². The fourth-order valence-corrected chi connectivity index (χ4v) is 3.81. The summed E-state index contributed by atoms with van der Waals surface area (Å²) in [7, 11) is 0. The molecule has 1 N–H and O–H groups in total. The van der Waals surface area contributed by atoms with Gasteiger partial charge >= 0.3 is 5.97 Å². The molecule has 3 aromatic rings. The molecule has 1 aromatic heterocycles. The molecule has 0 saturated heterocycles. The van der Waals surface area contributed by atoms with Crippen molar-refractivity contribution in [1.29, 1.82) is 0 Å². The summed E-state index contributed by atoms with van der Waals surface area (Å²) in [6.07, 6.45) is 1.70. The number of rotatable bonds is 11. The van der Waals surface area contributed by atoms with E-state index in [-0.39, 0.29) is 6.42 Å². The van der Waals surface area contributed by atoms with Crippen molar-refractivity contribution in [2.75, 3.05) is 11.0 Å². The zero-order chi connectivity index (χ0) is 22.9. The summed E-state index contributed by atoms with van der Waals surface area (Å²) >= 11 is 2.36. The van der Waals surface area contributed by atoms with Crippen LogP contribution in [0.4, 0.5) is 0 Å². The minimum atomic E-state index is -0.785. The van der Waals surface area contributed by atoms with E-state index in [4.69, 9.17) is 19.6 Å². The maximum absolute atomic E-state index is 10.7. The van der Waals surface area contributed by atoms with E-state index in [1.165, 1.54) is 0 Å². The number of nitrogens with zero attached hydrogens (tertiary/aromatic N) is 1. The Morgan fingerprint density at radius 3 is 2.34 bits per heavy atom. The second-order valence-corrected chi connectivity index (χ2v) is 8.76. The first-order chi connectivity index (χ1) is 15.5. The average Bonchev–Trinajstić information content (AvgIpc) is 2.77. The molecule has 0 bridgehead atoms. The van der Waals surface area contributed by atoms with Gasteiger partial charge in [0.25, 0.3) is 0 Å². The number of carboxylic acid groups (broad SMARTS) is 1. The molecule has 0 atom stereocenters. The quantitative estimate of drug-likeness (QED) is 0.178. The van der Waals surface area contributed by atoms with Crippen molar-refractivity contribution in [3.8, 4) is 22.9 Å². The predicted octanol–water partition coefficient (Wildman–Crippen LogP) is 6.17. The standard InChI is InChI=1S/C26H28INO4/c1-18-15-22(31-14-4-13-27)16-19(2)26(18)23-5-3-6-24(28-23)32-17-21-9-7-20(8-10-21)11-12-25(29)30/h3,5-10,15-16H,4,11-14,17H2,1-2H3,(H,29,30). The first kappa shape index (κ1) is 24.0. The monoisotopic (exact) mass is 545 g/mol. The Morgan fingerprint density at radius 1 is 1.00 bits per heavy atom. The smallest absolute Gasteiger partial charge is 0.303 e. The molecule has 32 heavy (non-hydrogen) atoms. The van der Waals surface area contributed by atoms with Gasteiger partial charge in [-0.15, -0.1) is 0 Å². The lowest BCUT2D eigenvalue weighted by atomic mass is 9.99. The summed E-state index contributed by atoms with van der Waals surface area (Å²) in [4.78, 5) is 15.4. The number of hydrogen-bond donors (Lipinski definition) is 1. The molecule has 0 aliphatic carbocycles. The molecule has 6 heteroatoms. The molecule has 3 rings (SSSR count). The van der Waals surface area contributed by atoms with E-state index in [1.54, 1.807) is 0 Å². The Hall–Kier alpha value is -2.61. The molecule has 0 amide bonds. The van der Waals surface area contributed by atoms with Crippen molar-refractivity contribution in [3.05, 3.63) is 76.9 Å². The van der Waals surface area contributed by atoms with E-state index in [9.17, 15) is 4.79 Å². The number of pyridine rings is 1. The number of carboxylic acids is 1. The highest BCUT2D eigenvalue weighted by Gasteiger charge is 2.11. The minimum absolute atomic E-state index is 0.136. The summed E-state index contributed by atoms with van der Waals surface area (Å²) < 4.78 is 12.9. The Bertz CT molecular complexity index is 1030. The third-order valence-electron chi connectivity index (χ3n) is 5.07. The van der Waals surface area contributed by atoms with Crippen LogP contribution in [0, 0.1) is 13.8 Å². The van der Waals surface area contributed by atoms with Crippen LogP contribution >= 0.6 is 22.6 Å². The lowest BCUT2D eigenvalue weighted by Crippen LogP contribution is -2.01. The van der Waals surface area contributed by atoms with Gasteiger partial charge in [0.1, 0.15) is 12.4 Å². The van der Waals surface area contributed by atoms with E-state index in [0.29, 0.717) is 18.9 Å². The molecule has 0 fully saturated rings. The van der Waals surface area contributed by atoms with Crippen molar-refractivity contribution in [3.63, 3.8) is 0 Å². The van der Waals surface area contributed by atoms with E-state index in [2.05, 4.69) is 48.6 Å². The van der Waals surface area contributed by atoms with Gasteiger partial charge in [-0.05, 0) is 67.1 Å². The SMILES string of the molecule is Cc1cc(OCCCI)cc(C)c1-c1cccc(OCc2ccc(CCC(=O)O)cc2)n1. The molecule has 0 radical (unpaired) electrons. The second-order valence-electron chi connectivity index (χ2n) is 7.68. The van der Waals surface area contributed by atoms with E-state index in [0.717, 1.165) is 56.7 Å². The molecule has 168 valence electrons. The van der Waals surface area contributed by atoms with Gasteiger partial charge in [-0.2, -0.15) is 0 Å². The van der Waals surface area contributed by atoms with Crippen molar-refractivity contribution in [2.45, 2.75) is 39.7 Å². The number of hydrogen-bond acceptors (Lipinski definition) is 4. The number of aromatic nitrogens is 1. The van der Waals surface area contributed by atoms with Crippen LogP contribution in [-0.2, 0) is 17.8 Å². The third-order valence-corrected chi connectivity index (χ3v) is 5.83. The summed E-state index contributed by atoms with van der Waals surface area (Å²) in [6, 6.07) is 17.8. The first-order valence-corrected chi connectivity index (χ1v) is 12.2. The van der Waals surface area contributed by atoms with Crippen LogP contribution in [0.5, 0.6) is 11.6 Å². The fraction of sp³-hybridized carbons (Fsp3) is 0.308. The number of halogens is 1. The van der Waals surface area contributed by atoms with Crippen molar-refractivity contribution >= 4 is 28.6 Å². The van der Waals surface area contributed by atoms with E-state index < -0.39 is 5.97 Å². The number of alkyl halides is 1. The molecule has 1 heterocycles. The Labute approximate surface area is 202 Å². The summed E-state index contributed by atoms with van der Waals surface area (Å²) in [5, 5.41) is 8.80. The summed E-state index contributed by atoms with van der Waals surface area (Å²) in [5.74, 6) is 0.679. The van der Waals surface area contributed by atoms with Gasteiger partial charge in [-0.1, -0.05) is 52.9 Å². The zero-order valence-electron chi connectivity index (χ0n) is 18.4. The van der Waals surface area contributed by atoms with Crippen LogP contribution in [0.15, 0.2) is 54.6 Å². The number of aliphatic carboxylic acids is 1. The normalized spacial score (nSPS) is 10.7. The highest BCUT2D eigenvalue weighted by atomic mass is 127. The number of aryl methyl sites for hydroxylation is 3. The highest BCUT2D eigenvalue weighted by Crippen LogP contribution is 2.31. The maximum Gasteiger partial charge on any atom is 0.303 e. The molecular formula is C26H28INO4. The average molecular weight is 545 g/mol.